The van der Waals surface area contributed by atoms with Gasteiger partial charge in [-0.3, -0.25) is 0 Å². The van der Waals surface area contributed by atoms with Gasteiger partial charge in [0.2, 0.25) is 0 Å². The summed E-state index contributed by atoms with van der Waals surface area (Å²) >= 11 is 5.65. The number of fused-ring (bicyclic) bond motifs is 1. The van der Waals surface area contributed by atoms with E-state index in [0.29, 0.717) is 11.4 Å². The Morgan fingerprint density at radius 2 is 2.19 bits per heavy atom. The second-order valence-electron chi connectivity index (χ2n) is 3.63. The highest BCUT2D eigenvalue weighted by Crippen LogP contribution is 2.18. The van der Waals surface area contributed by atoms with Crippen molar-refractivity contribution in [2.45, 2.75) is 13.0 Å². The molecule has 0 fully saturated rings. The molecular weight excluding hydrogens is 226 g/mol. The van der Waals surface area contributed by atoms with Crippen LogP contribution < -0.4 is 0 Å². The van der Waals surface area contributed by atoms with Crippen LogP contribution in [0.15, 0.2) is 30.5 Å². The van der Waals surface area contributed by atoms with E-state index >= 15 is 0 Å². The molecule has 1 N–H and O–H groups in total. The Balaban J connectivity index is 2.38. The lowest BCUT2D eigenvalue weighted by atomic mass is 10.1. The molecule has 0 aliphatic carbocycles. The van der Waals surface area contributed by atoms with Gasteiger partial charge in [-0.2, -0.15) is 0 Å². The molecule has 0 bridgehead atoms. The minimum absolute atomic E-state index is 0.322. The third-order valence-electron chi connectivity index (χ3n) is 2.55. The van der Waals surface area contributed by atoms with E-state index in [4.69, 9.17) is 16.7 Å². The number of aryl methyl sites for hydroxylation is 1. The summed E-state index contributed by atoms with van der Waals surface area (Å²) in [5.74, 6) is -0.261. The topological polar surface area (TPSA) is 42.2 Å². The fourth-order valence-electron chi connectivity index (χ4n) is 1.76. The third kappa shape index (κ3) is 2.04. The molecule has 0 aliphatic heterocycles. The van der Waals surface area contributed by atoms with Gasteiger partial charge in [0.15, 0.2) is 0 Å². The van der Waals surface area contributed by atoms with Crippen LogP contribution in [0.25, 0.3) is 10.9 Å². The number of carboxylic acid groups (broad SMARTS) is 1. The van der Waals surface area contributed by atoms with E-state index in [0.717, 1.165) is 23.9 Å². The molecular formula is C12H12ClNO2. The predicted octanol–water partition coefficient (Wildman–Crippen LogP) is 2.97. The molecule has 0 atom stereocenters. The molecule has 1 aromatic heterocycles. The predicted molar refractivity (Wildman–Crippen MR) is 64.2 cm³/mol. The van der Waals surface area contributed by atoms with Gasteiger partial charge in [0.05, 0.1) is 5.56 Å². The summed E-state index contributed by atoms with van der Waals surface area (Å²) < 4.78 is 2.09. The van der Waals surface area contributed by atoms with E-state index in [-0.39, 0.29) is 0 Å². The number of alkyl halides is 1. The Kier molecular flexibility index (Phi) is 3.15. The van der Waals surface area contributed by atoms with Gasteiger partial charge < -0.3 is 9.67 Å². The summed E-state index contributed by atoms with van der Waals surface area (Å²) in [6.45, 7) is 0.861. The van der Waals surface area contributed by atoms with Gasteiger partial charge in [-0.15, -0.1) is 11.6 Å². The van der Waals surface area contributed by atoms with Gasteiger partial charge in [-0.1, -0.05) is 0 Å². The zero-order valence-electron chi connectivity index (χ0n) is 8.69. The molecule has 0 spiro atoms. The SMILES string of the molecule is O=C(O)c1ccc2c(ccn2CCCCl)c1. The molecule has 16 heavy (non-hydrogen) atoms. The maximum Gasteiger partial charge on any atom is 0.335 e. The average Bonchev–Trinajstić information content (AvgIpc) is 2.68. The van der Waals surface area contributed by atoms with Gasteiger partial charge in [0.1, 0.15) is 0 Å². The molecule has 0 saturated carbocycles. The Hall–Kier alpha value is -1.48. The summed E-state index contributed by atoms with van der Waals surface area (Å²) in [6.07, 6.45) is 2.87. The number of hydrogen-bond acceptors (Lipinski definition) is 1. The molecule has 0 amide bonds. The molecule has 3 nitrogen and oxygen atoms in total. The molecule has 0 aliphatic rings. The van der Waals surface area contributed by atoms with Crippen molar-refractivity contribution >= 4 is 28.5 Å². The van der Waals surface area contributed by atoms with Crippen LogP contribution in [0.5, 0.6) is 0 Å². The zero-order chi connectivity index (χ0) is 11.5. The van der Waals surface area contributed by atoms with E-state index in [1.807, 2.05) is 18.3 Å². The summed E-state index contributed by atoms with van der Waals surface area (Å²) in [5.41, 5.74) is 1.37. The Bertz CT molecular complexity index is 519. The van der Waals surface area contributed by atoms with Gasteiger partial charge in [-0.05, 0) is 30.7 Å². The first-order valence-electron chi connectivity index (χ1n) is 5.10. The minimum atomic E-state index is -0.893. The lowest BCUT2D eigenvalue weighted by Gasteiger charge is -2.03. The molecule has 0 unspecified atom stereocenters. The molecule has 4 heteroatoms. The quantitative estimate of drug-likeness (QED) is 0.831. The van der Waals surface area contributed by atoms with Crippen molar-refractivity contribution < 1.29 is 9.90 Å². The van der Waals surface area contributed by atoms with E-state index < -0.39 is 5.97 Å². The lowest BCUT2D eigenvalue weighted by molar-refractivity contribution is 0.0697. The van der Waals surface area contributed by atoms with Crippen LogP contribution in [-0.4, -0.2) is 21.5 Å². The smallest absolute Gasteiger partial charge is 0.335 e. The summed E-state index contributed by atoms with van der Waals surface area (Å²) in [5, 5.41) is 9.82. The largest absolute Gasteiger partial charge is 0.478 e. The van der Waals surface area contributed by atoms with Crippen LogP contribution in [0, 0.1) is 0 Å². The van der Waals surface area contributed by atoms with Gasteiger partial charge >= 0.3 is 5.97 Å². The van der Waals surface area contributed by atoms with Crippen LogP contribution in [-0.2, 0) is 6.54 Å². The molecule has 84 valence electrons. The van der Waals surface area contributed by atoms with E-state index in [9.17, 15) is 4.79 Å². The van der Waals surface area contributed by atoms with Crippen molar-refractivity contribution in [3.63, 3.8) is 0 Å². The normalized spacial score (nSPS) is 10.8. The first-order chi connectivity index (χ1) is 7.72. The molecule has 2 aromatic rings. The molecule has 0 saturated heterocycles. The van der Waals surface area contributed by atoms with Crippen molar-refractivity contribution in [1.29, 1.82) is 0 Å². The highest BCUT2D eigenvalue weighted by atomic mass is 35.5. The average molecular weight is 238 g/mol. The maximum atomic E-state index is 10.8. The zero-order valence-corrected chi connectivity index (χ0v) is 9.44. The molecule has 1 heterocycles. The van der Waals surface area contributed by atoms with Crippen molar-refractivity contribution in [3.8, 4) is 0 Å². The Morgan fingerprint density at radius 3 is 2.88 bits per heavy atom. The number of carboxylic acids is 1. The maximum absolute atomic E-state index is 10.8. The highest BCUT2D eigenvalue weighted by Gasteiger charge is 2.06. The van der Waals surface area contributed by atoms with Crippen LogP contribution in [0.1, 0.15) is 16.8 Å². The van der Waals surface area contributed by atoms with Gasteiger partial charge in [0.25, 0.3) is 0 Å². The second kappa shape index (κ2) is 4.58. The Labute approximate surface area is 98.3 Å². The number of aromatic carboxylic acids is 1. The van der Waals surface area contributed by atoms with Crippen molar-refractivity contribution in [2.24, 2.45) is 0 Å². The lowest BCUT2D eigenvalue weighted by Crippen LogP contribution is -1.98. The molecule has 1 aromatic carbocycles. The summed E-state index contributed by atoms with van der Waals surface area (Å²) in [7, 11) is 0. The van der Waals surface area contributed by atoms with Crippen molar-refractivity contribution in [1.82, 2.24) is 4.57 Å². The molecule has 0 radical (unpaired) electrons. The first kappa shape index (κ1) is 11.0. The number of nitrogens with zero attached hydrogens (tertiary/aromatic N) is 1. The van der Waals surface area contributed by atoms with Crippen molar-refractivity contribution in [3.05, 3.63) is 36.0 Å². The fraction of sp³-hybridized carbons (Fsp3) is 0.250. The van der Waals surface area contributed by atoms with Crippen LogP contribution >= 0.6 is 11.6 Å². The number of aromatic nitrogens is 1. The summed E-state index contributed by atoms with van der Waals surface area (Å²) in [4.78, 5) is 10.8. The van der Waals surface area contributed by atoms with E-state index in [1.165, 1.54) is 0 Å². The second-order valence-corrected chi connectivity index (χ2v) is 4.01. The first-order valence-corrected chi connectivity index (χ1v) is 5.64. The van der Waals surface area contributed by atoms with Crippen LogP contribution in [0.2, 0.25) is 0 Å². The fourth-order valence-corrected chi connectivity index (χ4v) is 1.88. The number of hydrogen-bond donors (Lipinski definition) is 1. The number of benzene rings is 1. The van der Waals surface area contributed by atoms with E-state index in [1.54, 1.807) is 12.1 Å². The van der Waals surface area contributed by atoms with Crippen LogP contribution in [0.4, 0.5) is 0 Å². The summed E-state index contributed by atoms with van der Waals surface area (Å²) in [6, 6.07) is 7.08. The van der Waals surface area contributed by atoms with Gasteiger partial charge in [-0.25, -0.2) is 4.79 Å². The van der Waals surface area contributed by atoms with Crippen LogP contribution in [0.3, 0.4) is 0 Å². The third-order valence-corrected chi connectivity index (χ3v) is 2.82. The number of halogens is 1. The van der Waals surface area contributed by atoms with Crippen molar-refractivity contribution in [2.75, 3.05) is 5.88 Å². The standard InChI is InChI=1S/C12H12ClNO2/c13-5-1-6-14-7-4-9-8-10(12(15)16)2-3-11(9)14/h2-4,7-8H,1,5-6H2,(H,15,16). The number of rotatable bonds is 4. The highest BCUT2D eigenvalue weighted by molar-refractivity contribution is 6.17. The van der Waals surface area contributed by atoms with Gasteiger partial charge in [0, 0.05) is 29.5 Å². The molecule has 2 rings (SSSR count). The number of carbonyl (C=O) groups is 1. The van der Waals surface area contributed by atoms with E-state index in [2.05, 4.69) is 4.57 Å². The minimum Gasteiger partial charge on any atom is -0.478 e. The Morgan fingerprint density at radius 1 is 1.38 bits per heavy atom. The monoisotopic (exact) mass is 237 g/mol.